The van der Waals surface area contributed by atoms with Gasteiger partial charge in [-0.2, -0.15) is 0 Å². The molecule has 0 heterocycles. The van der Waals surface area contributed by atoms with Crippen molar-refractivity contribution in [1.29, 1.82) is 0 Å². The Hall–Kier alpha value is -3.67. The van der Waals surface area contributed by atoms with Gasteiger partial charge in [-0.1, -0.05) is 24.3 Å². The first-order chi connectivity index (χ1) is 13.5. The molecule has 0 atom stereocenters. The van der Waals surface area contributed by atoms with Crippen LogP contribution in [-0.4, -0.2) is 37.3 Å². The van der Waals surface area contributed by atoms with Gasteiger partial charge >= 0.3 is 0 Å². The molecular weight excluding hydrogens is 360 g/mol. The first kappa shape index (κ1) is 20.6. The van der Waals surface area contributed by atoms with Crippen molar-refractivity contribution in [3.05, 3.63) is 71.5 Å². The number of rotatable bonds is 8. The molecule has 0 aliphatic carbocycles. The summed E-state index contributed by atoms with van der Waals surface area (Å²) in [6, 6.07) is 10.0. The predicted molar refractivity (Wildman–Crippen MR) is 108 cm³/mol. The summed E-state index contributed by atoms with van der Waals surface area (Å²) >= 11 is 0. The number of ether oxygens (including phenoxy) is 3. The summed E-state index contributed by atoms with van der Waals surface area (Å²) in [6.45, 7) is 0. The van der Waals surface area contributed by atoms with Crippen molar-refractivity contribution in [2.45, 2.75) is 0 Å². The Kier molecular flexibility index (Phi) is 7.28. The van der Waals surface area contributed by atoms with E-state index < -0.39 is 0 Å². The van der Waals surface area contributed by atoms with Crippen LogP contribution in [0.5, 0.6) is 23.0 Å². The number of phenols is 1. The molecule has 2 aromatic carbocycles. The fourth-order valence-corrected chi connectivity index (χ4v) is 2.36. The van der Waals surface area contributed by atoms with E-state index in [2.05, 4.69) is 0 Å². The number of hydrogen-bond acceptors (Lipinski definition) is 6. The molecule has 6 heteroatoms. The molecular formula is C22H22O6. The molecule has 2 rings (SSSR count). The first-order valence-electron chi connectivity index (χ1n) is 8.36. The van der Waals surface area contributed by atoms with Crippen molar-refractivity contribution >= 4 is 17.9 Å². The van der Waals surface area contributed by atoms with Crippen LogP contribution in [0.15, 0.2) is 60.4 Å². The van der Waals surface area contributed by atoms with Gasteiger partial charge in [-0.15, -0.1) is 0 Å². The van der Waals surface area contributed by atoms with Crippen LogP contribution in [0.4, 0.5) is 0 Å². The average Bonchev–Trinajstić information content (AvgIpc) is 2.71. The Bertz CT molecular complexity index is 925. The van der Waals surface area contributed by atoms with Crippen molar-refractivity contribution in [1.82, 2.24) is 0 Å². The minimum absolute atomic E-state index is 0.0174. The molecule has 0 aliphatic rings. The van der Waals surface area contributed by atoms with E-state index in [0.717, 1.165) is 11.6 Å². The summed E-state index contributed by atoms with van der Waals surface area (Å²) in [5, 5.41) is 19.5. The number of hydrogen-bond donors (Lipinski definition) is 2. The quantitative estimate of drug-likeness (QED) is 0.405. The van der Waals surface area contributed by atoms with Gasteiger partial charge in [-0.3, -0.25) is 4.79 Å². The number of phenolic OH excluding ortho intramolecular Hbond substituents is 1. The van der Waals surface area contributed by atoms with Crippen molar-refractivity contribution in [3.8, 4) is 23.0 Å². The standard InChI is InChI=1S/C22H22O6/c1-26-20-11-7-16(13-22(20)28-3)5-9-18(24)14-17(23)8-4-15-6-10-19(25)21(12-15)27-2/h4-14,24-25H,1-3H3/b8-4+,9-5+,18-14?. The van der Waals surface area contributed by atoms with E-state index in [0.29, 0.717) is 22.8 Å². The van der Waals surface area contributed by atoms with Crippen molar-refractivity contribution in [2.24, 2.45) is 0 Å². The molecule has 0 amide bonds. The SMILES string of the molecule is COc1cc(/C=C/C(=O)C=C(O)/C=C/c2ccc(OC)c(OC)c2)ccc1O. The second-order valence-electron chi connectivity index (χ2n) is 5.68. The number of methoxy groups -OCH3 is 3. The zero-order chi connectivity index (χ0) is 20.5. The number of benzene rings is 2. The topological polar surface area (TPSA) is 85.2 Å². The Morgan fingerprint density at radius 2 is 1.39 bits per heavy atom. The number of aliphatic hydroxyl groups is 1. The molecule has 0 saturated carbocycles. The zero-order valence-corrected chi connectivity index (χ0v) is 15.9. The molecule has 0 saturated heterocycles. The number of aromatic hydroxyl groups is 1. The van der Waals surface area contributed by atoms with E-state index in [1.165, 1.54) is 32.4 Å². The summed E-state index contributed by atoms with van der Waals surface area (Å²) in [7, 11) is 4.53. The fourth-order valence-electron chi connectivity index (χ4n) is 2.36. The molecule has 0 unspecified atom stereocenters. The van der Waals surface area contributed by atoms with E-state index in [1.54, 1.807) is 49.6 Å². The van der Waals surface area contributed by atoms with Gasteiger partial charge in [0.1, 0.15) is 5.76 Å². The Labute approximate surface area is 163 Å². The summed E-state index contributed by atoms with van der Waals surface area (Å²) in [5.41, 5.74) is 1.45. The van der Waals surface area contributed by atoms with Gasteiger partial charge in [0.15, 0.2) is 28.8 Å². The lowest BCUT2D eigenvalue weighted by atomic mass is 10.1. The maximum Gasteiger partial charge on any atom is 0.182 e. The van der Waals surface area contributed by atoms with Gasteiger partial charge in [-0.05, 0) is 47.5 Å². The first-order valence-corrected chi connectivity index (χ1v) is 8.36. The lowest BCUT2D eigenvalue weighted by Gasteiger charge is -2.07. The number of carbonyl (C=O) groups is 1. The number of aliphatic hydroxyl groups excluding tert-OH is 1. The van der Waals surface area contributed by atoms with Gasteiger partial charge in [0.25, 0.3) is 0 Å². The summed E-state index contributed by atoms with van der Waals surface area (Å²) in [5.74, 6) is 0.922. The number of carbonyl (C=O) groups excluding carboxylic acids is 1. The van der Waals surface area contributed by atoms with Gasteiger partial charge in [0.05, 0.1) is 21.3 Å². The van der Waals surface area contributed by atoms with Gasteiger partial charge in [0, 0.05) is 6.08 Å². The van der Waals surface area contributed by atoms with Crippen LogP contribution >= 0.6 is 0 Å². The highest BCUT2D eigenvalue weighted by atomic mass is 16.5. The summed E-state index contributed by atoms with van der Waals surface area (Å²) < 4.78 is 15.4. The molecule has 0 fully saturated rings. The third kappa shape index (κ3) is 5.67. The maximum atomic E-state index is 12.0. The van der Waals surface area contributed by atoms with Gasteiger partial charge in [0.2, 0.25) is 0 Å². The summed E-state index contributed by atoms with van der Waals surface area (Å²) in [4.78, 5) is 12.0. The largest absolute Gasteiger partial charge is 0.508 e. The lowest BCUT2D eigenvalue weighted by molar-refractivity contribution is -0.110. The molecule has 0 aliphatic heterocycles. The van der Waals surface area contributed by atoms with E-state index in [9.17, 15) is 15.0 Å². The lowest BCUT2D eigenvalue weighted by Crippen LogP contribution is -1.91. The van der Waals surface area contributed by atoms with E-state index in [-0.39, 0.29) is 17.3 Å². The van der Waals surface area contributed by atoms with Gasteiger partial charge in [-0.25, -0.2) is 0 Å². The van der Waals surface area contributed by atoms with Crippen molar-refractivity contribution in [3.63, 3.8) is 0 Å². The smallest absolute Gasteiger partial charge is 0.182 e. The van der Waals surface area contributed by atoms with E-state index in [4.69, 9.17) is 14.2 Å². The van der Waals surface area contributed by atoms with Crippen LogP contribution < -0.4 is 14.2 Å². The molecule has 0 radical (unpaired) electrons. The second-order valence-corrected chi connectivity index (χ2v) is 5.68. The number of allylic oxidation sites excluding steroid dienone is 3. The third-order valence-corrected chi connectivity index (χ3v) is 3.79. The minimum Gasteiger partial charge on any atom is -0.508 e. The van der Waals surface area contributed by atoms with Crippen LogP contribution in [0.3, 0.4) is 0 Å². The van der Waals surface area contributed by atoms with Crippen LogP contribution in [0.1, 0.15) is 11.1 Å². The highest BCUT2D eigenvalue weighted by molar-refractivity contribution is 6.02. The zero-order valence-electron chi connectivity index (χ0n) is 15.9. The van der Waals surface area contributed by atoms with E-state index >= 15 is 0 Å². The highest BCUT2D eigenvalue weighted by Crippen LogP contribution is 2.28. The average molecular weight is 382 g/mol. The molecule has 0 aromatic heterocycles. The highest BCUT2D eigenvalue weighted by Gasteiger charge is 2.03. The van der Waals surface area contributed by atoms with Crippen molar-refractivity contribution in [2.75, 3.05) is 21.3 Å². The normalized spacial score (nSPS) is 11.8. The Balaban J connectivity index is 2.06. The predicted octanol–water partition coefficient (Wildman–Crippen LogP) is 4.16. The summed E-state index contributed by atoms with van der Waals surface area (Å²) in [6.07, 6.45) is 7.04. The van der Waals surface area contributed by atoms with Gasteiger partial charge < -0.3 is 24.4 Å². The second kappa shape index (κ2) is 9.87. The van der Waals surface area contributed by atoms with Crippen LogP contribution in [0, 0.1) is 0 Å². The molecule has 0 bridgehead atoms. The molecule has 0 spiro atoms. The molecule has 28 heavy (non-hydrogen) atoms. The number of ketones is 1. The van der Waals surface area contributed by atoms with Crippen LogP contribution in [0.2, 0.25) is 0 Å². The molecule has 2 aromatic rings. The minimum atomic E-state index is -0.387. The monoisotopic (exact) mass is 382 g/mol. The Morgan fingerprint density at radius 1 is 0.821 bits per heavy atom. The molecule has 2 N–H and O–H groups in total. The van der Waals surface area contributed by atoms with Crippen LogP contribution in [0.25, 0.3) is 12.2 Å². The molecule has 6 nitrogen and oxygen atoms in total. The van der Waals surface area contributed by atoms with E-state index in [1.807, 2.05) is 0 Å². The fraction of sp³-hybridized carbons (Fsp3) is 0.136. The maximum absolute atomic E-state index is 12.0. The van der Waals surface area contributed by atoms with Crippen LogP contribution in [-0.2, 0) is 4.79 Å². The van der Waals surface area contributed by atoms with Crippen molar-refractivity contribution < 1.29 is 29.2 Å². The Morgan fingerprint density at radius 3 is 2.04 bits per heavy atom. The molecule has 146 valence electrons. The third-order valence-electron chi connectivity index (χ3n) is 3.79.